The van der Waals surface area contributed by atoms with Crippen molar-refractivity contribution < 1.29 is 0 Å². The van der Waals surface area contributed by atoms with Gasteiger partial charge >= 0.3 is 0 Å². The lowest BCUT2D eigenvalue weighted by molar-refractivity contribution is 0.561. The monoisotopic (exact) mass is 453 g/mol. The van der Waals surface area contributed by atoms with E-state index in [4.69, 9.17) is 0 Å². The summed E-state index contributed by atoms with van der Waals surface area (Å²) in [5.74, 6) is 0. The van der Waals surface area contributed by atoms with E-state index in [9.17, 15) is 0 Å². The molecule has 0 bridgehead atoms. The molecule has 0 saturated heterocycles. The van der Waals surface area contributed by atoms with Crippen molar-refractivity contribution in [2.45, 2.75) is 26.3 Å². The lowest BCUT2D eigenvalue weighted by Gasteiger charge is -2.39. The quantitative estimate of drug-likeness (QED) is 0.256. The minimum Gasteiger partial charge on any atom is -0.336 e. The van der Waals surface area contributed by atoms with E-state index in [2.05, 4.69) is 159 Å². The predicted molar refractivity (Wildman–Crippen MR) is 151 cm³/mol. The highest BCUT2D eigenvalue weighted by atomic mass is 15.2. The van der Waals surface area contributed by atoms with Crippen LogP contribution in [0.15, 0.2) is 133 Å². The van der Waals surface area contributed by atoms with Crippen LogP contribution in [0.5, 0.6) is 0 Å². The van der Waals surface area contributed by atoms with Crippen molar-refractivity contribution in [1.29, 1.82) is 0 Å². The Bertz CT molecular complexity index is 1400. The zero-order chi connectivity index (χ0) is 24.3. The highest BCUT2D eigenvalue weighted by Crippen LogP contribution is 2.42. The minimum absolute atomic E-state index is 0.132. The van der Waals surface area contributed by atoms with E-state index in [1.54, 1.807) is 0 Å². The minimum atomic E-state index is -0.132. The topological polar surface area (TPSA) is 3.24 Å². The summed E-state index contributed by atoms with van der Waals surface area (Å²) >= 11 is 0. The zero-order valence-electron chi connectivity index (χ0n) is 20.6. The van der Waals surface area contributed by atoms with Gasteiger partial charge in [0.2, 0.25) is 0 Å². The first-order valence-corrected chi connectivity index (χ1v) is 12.2. The smallest absolute Gasteiger partial charge is 0.0495 e. The van der Waals surface area contributed by atoms with Crippen LogP contribution in [0.3, 0.4) is 0 Å². The molecular weight excluding hydrogens is 422 g/mol. The third kappa shape index (κ3) is 4.90. The molecule has 35 heavy (non-hydrogen) atoms. The fourth-order valence-corrected chi connectivity index (χ4v) is 4.73. The largest absolute Gasteiger partial charge is 0.336 e. The van der Waals surface area contributed by atoms with Gasteiger partial charge < -0.3 is 4.90 Å². The van der Waals surface area contributed by atoms with Gasteiger partial charge in [-0.1, -0.05) is 109 Å². The molecule has 0 radical (unpaired) electrons. The normalized spacial score (nSPS) is 11.3. The van der Waals surface area contributed by atoms with E-state index >= 15 is 0 Å². The second kappa shape index (κ2) is 9.64. The molecule has 0 atom stereocenters. The first-order chi connectivity index (χ1) is 17.0. The van der Waals surface area contributed by atoms with Gasteiger partial charge in [-0.25, -0.2) is 0 Å². The maximum atomic E-state index is 2.47. The Morgan fingerprint density at radius 3 is 1.46 bits per heavy atom. The number of benzene rings is 5. The molecule has 0 aliphatic rings. The van der Waals surface area contributed by atoms with Crippen molar-refractivity contribution in [3.05, 3.63) is 133 Å². The van der Waals surface area contributed by atoms with Crippen LogP contribution < -0.4 is 4.90 Å². The van der Waals surface area contributed by atoms with Crippen LogP contribution >= 0.6 is 0 Å². The number of nitrogens with zero attached hydrogens (tertiary/aromatic N) is 1. The lowest BCUT2D eigenvalue weighted by Crippen LogP contribution is -2.38. The summed E-state index contributed by atoms with van der Waals surface area (Å²) in [6.07, 6.45) is 0. The van der Waals surface area contributed by atoms with E-state index in [0.717, 1.165) is 0 Å². The summed E-state index contributed by atoms with van der Waals surface area (Å²) in [7, 11) is 0. The van der Waals surface area contributed by atoms with Crippen molar-refractivity contribution in [3.8, 4) is 33.4 Å². The molecule has 5 rings (SSSR count). The predicted octanol–water partition coefficient (Wildman–Crippen LogP) is 9.62. The molecule has 1 heteroatoms. The second-order valence-corrected chi connectivity index (χ2v) is 9.89. The first-order valence-electron chi connectivity index (χ1n) is 12.2. The van der Waals surface area contributed by atoms with Gasteiger partial charge in [-0.05, 0) is 72.9 Å². The average molecular weight is 454 g/mol. The average Bonchev–Trinajstić information content (AvgIpc) is 2.90. The molecule has 0 spiro atoms. The van der Waals surface area contributed by atoms with Gasteiger partial charge in [0.25, 0.3) is 0 Å². The molecule has 0 aliphatic carbocycles. The molecule has 172 valence electrons. The standard InChI is InChI=1S/C34H31N/c1-34(2,3)35(31-21-13-20-29(24-31)26-14-7-4-8-15-26)33-23-22-30(27-16-9-5-10-17-27)25-32(33)28-18-11-6-12-19-28/h4-25H,1-3H3. The molecule has 0 saturated carbocycles. The number of hydrogen-bond acceptors (Lipinski definition) is 1. The number of rotatable bonds is 5. The van der Waals surface area contributed by atoms with Crippen LogP contribution in [0.25, 0.3) is 33.4 Å². The lowest BCUT2D eigenvalue weighted by atomic mass is 9.93. The summed E-state index contributed by atoms with van der Waals surface area (Å²) in [6.45, 7) is 6.84. The molecule has 0 aliphatic heterocycles. The Morgan fingerprint density at radius 2 is 0.914 bits per heavy atom. The molecule has 0 heterocycles. The van der Waals surface area contributed by atoms with Gasteiger partial charge in [-0.15, -0.1) is 0 Å². The van der Waals surface area contributed by atoms with Crippen molar-refractivity contribution in [3.63, 3.8) is 0 Å². The molecule has 0 unspecified atom stereocenters. The summed E-state index contributed by atoms with van der Waals surface area (Å²) < 4.78 is 0. The number of anilines is 2. The molecule has 5 aromatic rings. The van der Waals surface area contributed by atoms with Gasteiger partial charge in [0.15, 0.2) is 0 Å². The Balaban J connectivity index is 1.70. The maximum absolute atomic E-state index is 2.47. The fraction of sp³-hybridized carbons (Fsp3) is 0.118. The van der Waals surface area contributed by atoms with Gasteiger partial charge in [0, 0.05) is 22.5 Å². The van der Waals surface area contributed by atoms with Crippen LogP contribution in [0, 0.1) is 0 Å². The van der Waals surface area contributed by atoms with Crippen LogP contribution in [0.4, 0.5) is 11.4 Å². The highest BCUT2D eigenvalue weighted by molar-refractivity contribution is 5.87. The van der Waals surface area contributed by atoms with Crippen LogP contribution in [-0.4, -0.2) is 5.54 Å². The molecule has 0 amide bonds. The van der Waals surface area contributed by atoms with E-state index < -0.39 is 0 Å². The van der Waals surface area contributed by atoms with E-state index in [1.807, 2.05) is 0 Å². The van der Waals surface area contributed by atoms with Crippen molar-refractivity contribution in [1.82, 2.24) is 0 Å². The molecule has 5 aromatic carbocycles. The van der Waals surface area contributed by atoms with Crippen molar-refractivity contribution in [2.24, 2.45) is 0 Å². The second-order valence-electron chi connectivity index (χ2n) is 9.89. The van der Waals surface area contributed by atoms with E-state index in [-0.39, 0.29) is 5.54 Å². The van der Waals surface area contributed by atoms with E-state index in [1.165, 1.54) is 44.8 Å². The van der Waals surface area contributed by atoms with Gasteiger partial charge in [-0.3, -0.25) is 0 Å². The SMILES string of the molecule is CC(C)(C)N(c1cccc(-c2ccccc2)c1)c1ccc(-c2ccccc2)cc1-c1ccccc1. The van der Waals surface area contributed by atoms with Crippen LogP contribution in [0.1, 0.15) is 20.8 Å². The van der Waals surface area contributed by atoms with E-state index in [0.29, 0.717) is 0 Å². The summed E-state index contributed by atoms with van der Waals surface area (Å²) in [4.78, 5) is 2.47. The third-order valence-electron chi connectivity index (χ3n) is 6.31. The molecule has 1 nitrogen and oxygen atoms in total. The van der Waals surface area contributed by atoms with Crippen LogP contribution in [-0.2, 0) is 0 Å². The van der Waals surface area contributed by atoms with Crippen molar-refractivity contribution in [2.75, 3.05) is 4.90 Å². The summed E-state index contributed by atoms with van der Waals surface area (Å²) in [5.41, 5.74) is 9.60. The third-order valence-corrected chi connectivity index (χ3v) is 6.31. The maximum Gasteiger partial charge on any atom is 0.0495 e. The Hall–Kier alpha value is -4.10. The van der Waals surface area contributed by atoms with Gasteiger partial charge in [0.1, 0.15) is 0 Å². The summed E-state index contributed by atoms with van der Waals surface area (Å²) in [6, 6.07) is 47.7. The molecule has 0 aromatic heterocycles. The highest BCUT2D eigenvalue weighted by Gasteiger charge is 2.26. The fourth-order valence-electron chi connectivity index (χ4n) is 4.73. The Kier molecular flexibility index (Phi) is 6.25. The van der Waals surface area contributed by atoms with Crippen LogP contribution in [0.2, 0.25) is 0 Å². The first kappa shape index (κ1) is 22.7. The van der Waals surface area contributed by atoms with Gasteiger partial charge in [-0.2, -0.15) is 0 Å². The summed E-state index contributed by atoms with van der Waals surface area (Å²) in [5, 5.41) is 0. The van der Waals surface area contributed by atoms with Crippen molar-refractivity contribution >= 4 is 11.4 Å². The van der Waals surface area contributed by atoms with Gasteiger partial charge in [0.05, 0.1) is 0 Å². The Morgan fingerprint density at radius 1 is 0.429 bits per heavy atom. The molecular formula is C34H31N. The number of hydrogen-bond donors (Lipinski definition) is 0. The Labute approximate surface area is 209 Å². The molecule has 0 fully saturated rings. The molecule has 0 N–H and O–H groups in total. The zero-order valence-corrected chi connectivity index (χ0v) is 20.6.